The van der Waals surface area contributed by atoms with Gasteiger partial charge in [-0.3, -0.25) is 0 Å². The second-order valence-corrected chi connectivity index (χ2v) is 3.86. The predicted octanol–water partition coefficient (Wildman–Crippen LogP) is 2.68. The van der Waals surface area contributed by atoms with Crippen LogP contribution in [0.3, 0.4) is 0 Å². The molecule has 88 valence electrons. The van der Waals surface area contributed by atoms with Gasteiger partial charge in [0.05, 0.1) is 12.8 Å². The molecule has 0 saturated carbocycles. The van der Waals surface area contributed by atoms with Crippen molar-refractivity contribution >= 4 is 5.82 Å². The monoisotopic (exact) mass is 228 g/mol. The fraction of sp³-hybridized carbons (Fsp3) is 0.214. The lowest BCUT2D eigenvalue weighted by atomic mass is 10.1. The van der Waals surface area contributed by atoms with Gasteiger partial charge in [-0.05, 0) is 30.5 Å². The Balaban J connectivity index is 1.71. The first kappa shape index (κ1) is 11.5. The number of nitrogen functional groups attached to an aromatic ring is 1. The Morgan fingerprint density at radius 3 is 2.59 bits per heavy atom. The molecule has 1 aromatic carbocycles. The summed E-state index contributed by atoms with van der Waals surface area (Å²) in [6, 6.07) is 14.0. The third-order valence-corrected chi connectivity index (χ3v) is 2.48. The molecule has 0 bridgehead atoms. The molecule has 0 radical (unpaired) electrons. The topological polar surface area (TPSA) is 48.1 Å². The number of nitrogens with zero attached hydrogens (tertiary/aromatic N) is 1. The molecule has 1 heterocycles. The van der Waals surface area contributed by atoms with Crippen LogP contribution in [0.15, 0.2) is 48.7 Å². The molecule has 1 aromatic heterocycles. The van der Waals surface area contributed by atoms with Gasteiger partial charge >= 0.3 is 0 Å². The van der Waals surface area contributed by atoms with Gasteiger partial charge in [0.2, 0.25) is 0 Å². The number of rotatable bonds is 5. The summed E-state index contributed by atoms with van der Waals surface area (Å²) in [5, 5.41) is 0. The highest BCUT2D eigenvalue weighted by molar-refractivity contribution is 5.32. The zero-order valence-electron chi connectivity index (χ0n) is 9.67. The smallest absolute Gasteiger partial charge is 0.137 e. The molecule has 0 spiro atoms. The second-order valence-electron chi connectivity index (χ2n) is 3.86. The number of benzene rings is 1. The Morgan fingerprint density at radius 1 is 1.06 bits per heavy atom. The summed E-state index contributed by atoms with van der Waals surface area (Å²) in [7, 11) is 0. The van der Waals surface area contributed by atoms with E-state index in [0.29, 0.717) is 12.4 Å². The van der Waals surface area contributed by atoms with E-state index in [-0.39, 0.29) is 0 Å². The lowest BCUT2D eigenvalue weighted by Crippen LogP contribution is -2.00. The number of aryl methyl sites for hydroxylation is 1. The summed E-state index contributed by atoms with van der Waals surface area (Å²) in [5.41, 5.74) is 6.83. The van der Waals surface area contributed by atoms with E-state index in [1.165, 1.54) is 5.56 Å². The highest BCUT2D eigenvalue weighted by Crippen LogP contribution is 2.10. The number of anilines is 1. The molecule has 2 rings (SSSR count). The van der Waals surface area contributed by atoms with Crippen molar-refractivity contribution in [3.8, 4) is 5.75 Å². The van der Waals surface area contributed by atoms with Crippen LogP contribution in [0.2, 0.25) is 0 Å². The third kappa shape index (κ3) is 3.79. The van der Waals surface area contributed by atoms with Crippen LogP contribution in [0.25, 0.3) is 0 Å². The lowest BCUT2D eigenvalue weighted by Gasteiger charge is -2.05. The zero-order chi connectivity index (χ0) is 11.9. The SMILES string of the molecule is Nc1ccc(OCCCc2ccccc2)cn1. The first-order valence-electron chi connectivity index (χ1n) is 5.73. The average Bonchev–Trinajstić information content (AvgIpc) is 2.38. The highest BCUT2D eigenvalue weighted by Gasteiger charge is 1.95. The van der Waals surface area contributed by atoms with E-state index in [2.05, 4.69) is 29.2 Å². The van der Waals surface area contributed by atoms with Crippen LogP contribution in [-0.2, 0) is 6.42 Å². The minimum atomic E-state index is 0.515. The number of ether oxygens (including phenoxy) is 1. The number of hydrogen-bond donors (Lipinski definition) is 1. The van der Waals surface area contributed by atoms with Crippen molar-refractivity contribution in [3.63, 3.8) is 0 Å². The molecule has 0 aliphatic heterocycles. The van der Waals surface area contributed by atoms with E-state index >= 15 is 0 Å². The fourth-order valence-electron chi connectivity index (χ4n) is 1.59. The zero-order valence-corrected chi connectivity index (χ0v) is 9.67. The molecule has 0 aliphatic rings. The van der Waals surface area contributed by atoms with Gasteiger partial charge in [-0.25, -0.2) is 4.98 Å². The molecular weight excluding hydrogens is 212 g/mol. The van der Waals surface area contributed by atoms with Crippen LogP contribution >= 0.6 is 0 Å². The normalized spacial score (nSPS) is 10.1. The molecule has 3 nitrogen and oxygen atoms in total. The average molecular weight is 228 g/mol. The van der Waals surface area contributed by atoms with Crippen LogP contribution < -0.4 is 10.5 Å². The van der Waals surface area contributed by atoms with Gasteiger partial charge in [-0.1, -0.05) is 30.3 Å². The van der Waals surface area contributed by atoms with Crippen molar-refractivity contribution in [1.82, 2.24) is 4.98 Å². The van der Waals surface area contributed by atoms with Crippen molar-refractivity contribution in [2.75, 3.05) is 12.3 Å². The maximum atomic E-state index is 5.56. The third-order valence-electron chi connectivity index (χ3n) is 2.48. The standard InChI is InChI=1S/C14H16N2O/c15-14-9-8-13(11-16-14)17-10-4-7-12-5-2-1-3-6-12/h1-3,5-6,8-9,11H,4,7,10H2,(H2,15,16). The Labute approximate surface area is 101 Å². The van der Waals surface area contributed by atoms with Gasteiger partial charge < -0.3 is 10.5 Å². The Hall–Kier alpha value is -2.03. The van der Waals surface area contributed by atoms with Gasteiger partial charge in [0.25, 0.3) is 0 Å². The molecule has 2 aromatic rings. The van der Waals surface area contributed by atoms with Crippen molar-refractivity contribution in [2.45, 2.75) is 12.8 Å². The fourth-order valence-corrected chi connectivity index (χ4v) is 1.59. The number of nitrogens with two attached hydrogens (primary N) is 1. The summed E-state index contributed by atoms with van der Waals surface area (Å²) in [6.45, 7) is 0.695. The molecular formula is C14H16N2O. The predicted molar refractivity (Wildman–Crippen MR) is 68.9 cm³/mol. The van der Waals surface area contributed by atoms with Crippen molar-refractivity contribution < 1.29 is 4.74 Å². The summed E-state index contributed by atoms with van der Waals surface area (Å²) in [4.78, 5) is 3.97. The molecule has 3 heteroatoms. The molecule has 0 amide bonds. The summed E-state index contributed by atoms with van der Waals surface area (Å²) in [6.07, 6.45) is 3.68. The molecule has 0 aliphatic carbocycles. The Kier molecular flexibility index (Phi) is 3.97. The molecule has 0 unspecified atom stereocenters. The minimum Gasteiger partial charge on any atom is -0.492 e. The number of pyridine rings is 1. The van der Waals surface area contributed by atoms with Gasteiger partial charge in [-0.2, -0.15) is 0 Å². The van der Waals surface area contributed by atoms with Crippen LogP contribution in [0.1, 0.15) is 12.0 Å². The molecule has 2 N–H and O–H groups in total. The van der Waals surface area contributed by atoms with E-state index in [4.69, 9.17) is 10.5 Å². The summed E-state index contributed by atoms with van der Waals surface area (Å²) in [5.74, 6) is 1.29. The van der Waals surface area contributed by atoms with Crippen LogP contribution in [-0.4, -0.2) is 11.6 Å². The van der Waals surface area contributed by atoms with Crippen molar-refractivity contribution in [1.29, 1.82) is 0 Å². The number of hydrogen-bond acceptors (Lipinski definition) is 3. The van der Waals surface area contributed by atoms with Gasteiger partial charge in [0.1, 0.15) is 11.6 Å². The van der Waals surface area contributed by atoms with E-state index in [1.54, 1.807) is 12.3 Å². The minimum absolute atomic E-state index is 0.515. The summed E-state index contributed by atoms with van der Waals surface area (Å²) >= 11 is 0. The molecule has 0 saturated heterocycles. The van der Waals surface area contributed by atoms with Crippen LogP contribution in [0.5, 0.6) is 5.75 Å². The molecule has 17 heavy (non-hydrogen) atoms. The first-order chi connectivity index (χ1) is 8.34. The maximum absolute atomic E-state index is 5.56. The van der Waals surface area contributed by atoms with E-state index in [9.17, 15) is 0 Å². The van der Waals surface area contributed by atoms with Gasteiger partial charge in [-0.15, -0.1) is 0 Å². The van der Waals surface area contributed by atoms with Crippen LogP contribution in [0, 0.1) is 0 Å². The number of aromatic nitrogens is 1. The first-order valence-corrected chi connectivity index (χ1v) is 5.73. The van der Waals surface area contributed by atoms with E-state index < -0.39 is 0 Å². The molecule has 0 fully saturated rings. The summed E-state index contributed by atoms with van der Waals surface area (Å²) < 4.78 is 5.56. The van der Waals surface area contributed by atoms with Crippen LogP contribution in [0.4, 0.5) is 5.82 Å². The van der Waals surface area contributed by atoms with Gasteiger partial charge in [0.15, 0.2) is 0 Å². The highest BCUT2D eigenvalue weighted by atomic mass is 16.5. The Morgan fingerprint density at radius 2 is 1.88 bits per heavy atom. The molecule has 0 atom stereocenters. The second kappa shape index (κ2) is 5.89. The van der Waals surface area contributed by atoms with E-state index in [0.717, 1.165) is 18.6 Å². The lowest BCUT2D eigenvalue weighted by molar-refractivity contribution is 0.310. The maximum Gasteiger partial charge on any atom is 0.137 e. The largest absolute Gasteiger partial charge is 0.492 e. The van der Waals surface area contributed by atoms with Crippen molar-refractivity contribution in [2.24, 2.45) is 0 Å². The van der Waals surface area contributed by atoms with Gasteiger partial charge in [0, 0.05) is 0 Å². The quantitative estimate of drug-likeness (QED) is 0.800. The van der Waals surface area contributed by atoms with E-state index in [1.807, 2.05) is 12.1 Å². The van der Waals surface area contributed by atoms with Crippen molar-refractivity contribution in [3.05, 3.63) is 54.2 Å². The Bertz CT molecular complexity index is 440.